The van der Waals surface area contributed by atoms with Crippen LogP contribution in [0.25, 0.3) is 10.9 Å². The van der Waals surface area contributed by atoms with Crippen molar-refractivity contribution in [3.63, 3.8) is 0 Å². The number of methoxy groups -OCH3 is 1. The second-order valence-corrected chi connectivity index (χ2v) is 8.64. The van der Waals surface area contributed by atoms with Gasteiger partial charge in [0.25, 0.3) is 0 Å². The maximum absolute atomic E-state index is 5.20. The number of para-hydroxylation sites is 1. The molecule has 2 N–H and O–H groups in total. The van der Waals surface area contributed by atoms with E-state index >= 15 is 0 Å². The fourth-order valence-corrected chi connectivity index (χ4v) is 4.66. The third-order valence-electron chi connectivity index (χ3n) is 5.81. The van der Waals surface area contributed by atoms with Crippen LogP contribution >= 0.6 is 0 Å². The largest absolute Gasteiger partial charge is 0.377 e. The summed E-state index contributed by atoms with van der Waals surface area (Å²) in [4.78, 5) is 8.14. The van der Waals surface area contributed by atoms with Gasteiger partial charge in [-0.15, -0.1) is 0 Å². The zero-order valence-electron chi connectivity index (χ0n) is 17.3. The molecule has 0 amide bonds. The second-order valence-electron chi connectivity index (χ2n) is 8.64. The second kappa shape index (κ2) is 7.68. The first kappa shape index (κ1) is 19.2. The number of aryl methyl sites for hydroxylation is 1. The Hall–Kier alpha value is -2.18. The van der Waals surface area contributed by atoms with Crippen molar-refractivity contribution in [3.05, 3.63) is 47.7 Å². The number of fused-ring (bicyclic) bond motifs is 2. The molecule has 0 bridgehead atoms. The van der Waals surface area contributed by atoms with Crippen LogP contribution in [0.1, 0.15) is 63.3 Å². The highest BCUT2D eigenvalue weighted by atomic mass is 16.5. The molecule has 1 aromatic carbocycles. The molecular weight excluding hydrogens is 350 g/mol. The highest BCUT2D eigenvalue weighted by Gasteiger charge is 2.30. The lowest BCUT2D eigenvalue weighted by Gasteiger charge is -2.32. The van der Waals surface area contributed by atoms with E-state index in [4.69, 9.17) is 9.72 Å². The number of rotatable bonds is 7. The molecule has 0 unspecified atom stereocenters. The van der Waals surface area contributed by atoms with Crippen molar-refractivity contribution in [2.45, 2.75) is 70.7 Å². The number of H-pyrrole nitrogens is 1. The molecule has 2 aromatic heterocycles. The summed E-state index contributed by atoms with van der Waals surface area (Å²) < 4.78 is 7.25. The summed E-state index contributed by atoms with van der Waals surface area (Å²) in [5.41, 5.74) is 2.65. The van der Waals surface area contributed by atoms with Crippen LogP contribution < -0.4 is 5.32 Å². The number of nitrogens with one attached hydrogen (secondary N) is 2. The molecule has 3 aromatic rings. The van der Waals surface area contributed by atoms with E-state index in [0.717, 1.165) is 37.5 Å². The molecule has 0 saturated carbocycles. The smallest absolute Gasteiger partial charge is 0.176 e. The van der Waals surface area contributed by atoms with Crippen LogP contribution in [0.3, 0.4) is 0 Å². The minimum Gasteiger partial charge on any atom is -0.377 e. The Morgan fingerprint density at radius 2 is 2.18 bits per heavy atom. The van der Waals surface area contributed by atoms with Crippen molar-refractivity contribution in [2.24, 2.45) is 0 Å². The van der Waals surface area contributed by atoms with Crippen molar-refractivity contribution >= 4 is 10.9 Å². The normalized spacial score (nSPS) is 18.4. The standard InChI is InChI=1S/C22H31N5O/c1-15(12-22(2,3)17-13-23-18-9-6-5-8-16(17)18)24-19-10-7-11-27-21(19)25-20(26-27)14-28-4/h5-6,8-9,13,15,19,23-24H,7,10-12,14H2,1-4H3/t15-,19-/m0/s1. The van der Waals surface area contributed by atoms with Gasteiger partial charge in [-0.3, -0.25) is 0 Å². The molecule has 150 valence electrons. The summed E-state index contributed by atoms with van der Waals surface area (Å²) in [6.45, 7) is 8.36. The van der Waals surface area contributed by atoms with Gasteiger partial charge in [-0.25, -0.2) is 9.67 Å². The van der Waals surface area contributed by atoms with E-state index < -0.39 is 0 Å². The molecule has 6 heteroatoms. The average molecular weight is 382 g/mol. The van der Waals surface area contributed by atoms with E-state index in [1.165, 1.54) is 16.5 Å². The molecule has 2 atom stereocenters. The molecule has 0 radical (unpaired) electrons. The van der Waals surface area contributed by atoms with Crippen molar-refractivity contribution in [1.82, 2.24) is 25.1 Å². The fourth-order valence-electron chi connectivity index (χ4n) is 4.66. The van der Waals surface area contributed by atoms with Gasteiger partial charge in [-0.1, -0.05) is 32.0 Å². The summed E-state index contributed by atoms with van der Waals surface area (Å²) in [6.07, 6.45) is 5.44. The Morgan fingerprint density at radius 1 is 1.36 bits per heavy atom. The van der Waals surface area contributed by atoms with Gasteiger partial charge >= 0.3 is 0 Å². The maximum Gasteiger partial charge on any atom is 0.176 e. The van der Waals surface area contributed by atoms with Crippen LogP contribution in [-0.2, 0) is 23.3 Å². The fraction of sp³-hybridized carbons (Fsp3) is 0.545. The number of hydrogen-bond acceptors (Lipinski definition) is 4. The Labute approximate surface area is 166 Å². The number of aromatic nitrogens is 4. The molecule has 28 heavy (non-hydrogen) atoms. The average Bonchev–Trinajstić information content (AvgIpc) is 3.26. The van der Waals surface area contributed by atoms with Gasteiger partial charge in [-0.2, -0.15) is 5.10 Å². The van der Waals surface area contributed by atoms with Crippen molar-refractivity contribution < 1.29 is 4.74 Å². The Morgan fingerprint density at radius 3 is 3.00 bits per heavy atom. The van der Waals surface area contributed by atoms with Crippen LogP contribution in [-0.4, -0.2) is 32.9 Å². The third kappa shape index (κ3) is 3.71. The molecule has 0 fully saturated rings. The zero-order chi connectivity index (χ0) is 19.7. The predicted octanol–water partition coefficient (Wildman–Crippen LogP) is 4.09. The first-order valence-electron chi connectivity index (χ1n) is 10.2. The van der Waals surface area contributed by atoms with Crippen LogP contribution in [0, 0.1) is 0 Å². The minimum absolute atomic E-state index is 0.0650. The van der Waals surface area contributed by atoms with Crippen molar-refractivity contribution in [1.29, 1.82) is 0 Å². The number of hydrogen-bond donors (Lipinski definition) is 2. The van der Waals surface area contributed by atoms with E-state index in [9.17, 15) is 0 Å². The quantitative estimate of drug-likeness (QED) is 0.647. The highest BCUT2D eigenvalue weighted by molar-refractivity contribution is 5.84. The number of ether oxygens (including phenoxy) is 1. The Bertz CT molecular complexity index is 941. The number of nitrogens with zero attached hydrogens (tertiary/aromatic N) is 3. The Balaban J connectivity index is 1.48. The molecular formula is C22H31N5O. The first-order chi connectivity index (χ1) is 13.5. The predicted molar refractivity (Wildman–Crippen MR) is 111 cm³/mol. The van der Waals surface area contributed by atoms with Crippen LogP contribution in [0.15, 0.2) is 30.5 Å². The molecule has 1 aliphatic heterocycles. The molecule has 0 spiro atoms. The first-order valence-corrected chi connectivity index (χ1v) is 10.2. The minimum atomic E-state index is 0.0650. The lowest BCUT2D eigenvalue weighted by molar-refractivity contribution is 0.177. The van der Waals surface area contributed by atoms with Gasteiger partial charge in [0.1, 0.15) is 12.4 Å². The molecule has 4 rings (SSSR count). The van der Waals surface area contributed by atoms with Crippen LogP contribution in [0.2, 0.25) is 0 Å². The molecule has 6 nitrogen and oxygen atoms in total. The van der Waals surface area contributed by atoms with Crippen molar-refractivity contribution in [2.75, 3.05) is 7.11 Å². The summed E-state index contributed by atoms with van der Waals surface area (Å²) >= 11 is 0. The SMILES string of the molecule is COCc1nc2n(n1)CCC[C@@H]2N[C@@H](C)CC(C)(C)c1c[nH]c2ccccc12. The summed E-state index contributed by atoms with van der Waals surface area (Å²) in [6, 6.07) is 9.16. The molecule has 0 aliphatic carbocycles. The lowest BCUT2D eigenvalue weighted by atomic mass is 9.79. The molecule has 3 heterocycles. The third-order valence-corrected chi connectivity index (χ3v) is 5.81. The molecule has 0 saturated heterocycles. The van der Waals surface area contributed by atoms with Crippen LogP contribution in [0.5, 0.6) is 0 Å². The summed E-state index contributed by atoms with van der Waals surface area (Å²) in [5.74, 6) is 1.83. The molecule has 1 aliphatic rings. The summed E-state index contributed by atoms with van der Waals surface area (Å²) in [5, 5.41) is 9.73. The van der Waals surface area contributed by atoms with E-state index in [-0.39, 0.29) is 11.5 Å². The van der Waals surface area contributed by atoms with E-state index in [2.05, 4.69) is 66.6 Å². The van der Waals surface area contributed by atoms with Gasteiger partial charge in [-0.05, 0) is 43.2 Å². The lowest BCUT2D eigenvalue weighted by Crippen LogP contribution is -2.38. The van der Waals surface area contributed by atoms with Gasteiger partial charge in [0, 0.05) is 36.8 Å². The van der Waals surface area contributed by atoms with E-state index in [0.29, 0.717) is 12.6 Å². The maximum atomic E-state index is 5.20. The van der Waals surface area contributed by atoms with Crippen LogP contribution in [0.4, 0.5) is 0 Å². The van der Waals surface area contributed by atoms with E-state index in [1.54, 1.807) is 7.11 Å². The van der Waals surface area contributed by atoms with Gasteiger partial charge in [0.05, 0.1) is 6.04 Å². The van der Waals surface area contributed by atoms with E-state index in [1.807, 2.05) is 4.68 Å². The van der Waals surface area contributed by atoms with Gasteiger partial charge in [0.15, 0.2) is 5.82 Å². The topological polar surface area (TPSA) is 67.8 Å². The van der Waals surface area contributed by atoms with Crippen molar-refractivity contribution in [3.8, 4) is 0 Å². The van der Waals surface area contributed by atoms with Gasteiger partial charge in [0.2, 0.25) is 0 Å². The number of aromatic amines is 1. The zero-order valence-corrected chi connectivity index (χ0v) is 17.3. The van der Waals surface area contributed by atoms with Gasteiger partial charge < -0.3 is 15.0 Å². The monoisotopic (exact) mass is 381 g/mol. The highest BCUT2D eigenvalue weighted by Crippen LogP contribution is 2.34. The summed E-state index contributed by atoms with van der Waals surface area (Å²) in [7, 11) is 1.69. The number of benzene rings is 1. The Kier molecular flexibility index (Phi) is 5.25.